The maximum absolute atomic E-state index is 10.3. The highest BCUT2D eigenvalue weighted by Gasteiger charge is 2.58. The Bertz CT molecular complexity index is 277. The molecule has 0 amide bonds. The van der Waals surface area contributed by atoms with Crippen LogP contribution in [0.4, 0.5) is 0 Å². The number of rotatable bonds is 2. The molecule has 3 atom stereocenters. The van der Waals surface area contributed by atoms with Crippen LogP contribution in [0.5, 0.6) is 0 Å². The highest BCUT2D eigenvalue weighted by Crippen LogP contribution is 2.63. The molecule has 3 unspecified atom stereocenters. The molecule has 0 N–H and O–H groups in total. The molecule has 2 rings (SSSR count). The summed E-state index contributed by atoms with van der Waals surface area (Å²) in [6, 6.07) is 0. The smallest absolute Gasteiger partial charge is 0.294 e. The lowest BCUT2D eigenvalue weighted by molar-refractivity contribution is -0.772. The Morgan fingerprint density at radius 1 is 1.43 bits per heavy atom. The largest absolute Gasteiger partial charge is 0.310 e. The molecular formula is C10H17NO3. The van der Waals surface area contributed by atoms with Crippen LogP contribution in [0.15, 0.2) is 0 Å². The summed E-state index contributed by atoms with van der Waals surface area (Å²) in [7, 11) is 0. The third-order valence-electron chi connectivity index (χ3n) is 4.17. The minimum Gasteiger partial charge on any atom is -0.310 e. The third kappa shape index (κ3) is 1.28. The summed E-state index contributed by atoms with van der Waals surface area (Å²) in [4.78, 5) is 15.1. The van der Waals surface area contributed by atoms with Gasteiger partial charge in [0.15, 0.2) is 0 Å². The molecule has 0 heterocycles. The molecule has 2 fully saturated rings. The predicted molar refractivity (Wildman–Crippen MR) is 51.1 cm³/mol. The standard InChI is InChI=1S/C10H17NO3/c1-9(2)6-10(3)5-7(9)4-8(10)14-11(12)13/h7-8H,4-6H2,1-3H3. The zero-order valence-corrected chi connectivity index (χ0v) is 8.95. The molecule has 0 aromatic carbocycles. The maximum atomic E-state index is 10.3. The van der Waals surface area contributed by atoms with Crippen molar-refractivity contribution in [3.05, 3.63) is 10.1 Å². The van der Waals surface area contributed by atoms with E-state index in [0.29, 0.717) is 11.3 Å². The Kier molecular flexibility index (Phi) is 1.82. The maximum Gasteiger partial charge on any atom is 0.294 e. The summed E-state index contributed by atoms with van der Waals surface area (Å²) >= 11 is 0. The van der Waals surface area contributed by atoms with E-state index < -0.39 is 5.09 Å². The van der Waals surface area contributed by atoms with Crippen molar-refractivity contribution in [1.82, 2.24) is 0 Å². The lowest BCUT2D eigenvalue weighted by atomic mass is 9.71. The first-order valence-electron chi connectivity index (χ1n) is 5.15. The van der Waals surface area contributed by atoms with E-state index in [2.05, 4.69) is 20.8 Å². The van der Waals surface area contributed by atoms with Crippen LogP contribution >= 0.6 is 0 Å². The second-order valence-electron chi connectivity index (χ2n) is 5.77. The van der Waals surface area contributed by atoms with Crippen molar-refractivity contribution in [3.8, 4) is 0 Å². The van der Waals surface area contributed by atoms with Gasteiger partial charge in [0.25, 0.3) is 5.09 Å². The molecule has 2 aliphatic carbocycles. The van der Waals surface area contributed by atoms with Crippen molar-refractivity contribution in [2.24, 2.45) is 16.7 Å². The van der Waals surface area contributed by atoms with Crippen molar-refractivity contribution in [1.29, 1.82) is 0 Å². The lowest BCUT2D eigenvalue weighted by Crippen LogP contribution is -2.36. The number of nitrogens with zero attached hydrogens (tertiary/aromatic N) is 1. The summed E-state index contributed by atoms with van der Waals surface area (Å²) in [5.41, 5.74) is 0.368. The van der Waals surface area contributed by atoms with Crippen molar-refractivity contribution in [2.45, 2.75) is 46.1 Å². The van der Waals surface area contributed by atoms with E-state index >= 15 is 0 Å². The van der Waals surface area contributed by atoms with Gasteiger partial charge in [-0.25, -0.2) is 0 Å². The molecule has 0 aromatic heterocycles. The van der Waals surface area contributed by atoms with Crippen molar-refractivity contribution in [2.75, 3.05) is 0 Å². The second kappa shape index (κ2) is 2.61. The van der Waals surface area contributed by atoms with E-state index in [1.165, 1.54) is 0 Å². The van der Waals surface area contributed by atoms with Gasteiger partial charge in [-0.05, 0) is 36.0 Å². The quantitative estimate of drug-likeness (QED) is 0.507. The lowest BCUT2D eigenvalue weighted by Gasteiger charge is -2.37. The molecule has 0 saturated heterocycles. The summed E-state index contributed by atoms with van der Waals surface area (Å²) in [6.07, 6.45) is 2.81. The van der Waals surface area contributed by atoms with Crippen LogP contribution in [0, 0.1) is 26.9 Å². The van der Waals surface area contributed by atoms with Gasteiger partial charge in [-0.15, -0.1) is 10.1 Å². The molecule has 4 heteroatoms. The van der Waals surface area contributed by atoms with Gasteiger partial charge < -0.3 is 4.84 Å². The van der Waals surface area contributed by atoms with Crippen molar-refractivity contribution < 1.29 is 9.92 Å². The first kappa shape index (κ1) is 9.74. The highest BCUT2D eigenvalue weighted by atomic mass is 17.0. The van der Waals surface area contributed by atoms with Gasteiger partial charge in [-0.3, -0.25) is 0 Å². The Labute approximate surface area is 83.7 Å². The van der Waals surface area contributed by atoms with Gasteiger partial charge in [-0.2, -0.15) is 0 Å². The van der Waals surface area contributed by atoms with Gasteiger partial charge in [0.1, 0.15) is 6.10 Å². The molecule has 0 aromatic rings. The number of fused-ring (bicyclic) bond motifs is 2. The second-order valence-corrected chi connectivity index (χ2v) is 5.77. The van der Waals surface area contributed by atoms with E-state index in [-0.39, 0.29) is 11.5 Å². The fraction of sp³-hybridized carbons (Fsp3) is 1.00. The molecule has 2 aliphatic rings. The SMILES string of the molecule is CC1(C)CC2(C)CC1CC2O[N+](=O)[O-]. The molecule has 2 bridgehead atoms. The Balaban J connectivity index is 2.12. The van der Waals surface area contributed by atoms with Crippen molar-refractivity contribution >= 4 is 0 Å². The van der Waals surface area contributed by atoms with Gasteiger partial charge in [-0.1, -0.05) is 20.8 Å². The monoisotopic (exact) mass is 199 g/mol. The molecule has 14 heavy (non-hydrogen) atoms. The van der Waals surface area contributed by atoms with Crippen LogP contribution < -0.4 is 0 Å². The number of hydrogen-bond donors (Lipinski definition) is 0. The average molecular weight is 199 g/mol. The molecular weight excluding hydrogens is 182 g/mol. The topological polar surface area (TPSA) is 52.4 Å². The van der Waals surface area contributed by atoms with Gasteiger partial charge in [0, 0.05) is 0 Å². The fourth-order valence-electron chi connectivity index (χ4n) is 3.56. The van der Waals surface area contributed by atoms with E-state index in [1.54, 1.807) is 0 Å². The summed E-state index contributed by atoms with van der Waals surface area (Å²) in [5.74, 6) is 0.595. The van der Waals surface area contributed by atoms with E-state index in [1.807, 2.05) is 0 Å². The molecule has 0 spiro atoms. The molecule has 0 radical (unpaired) electrons. The van der Waals surface area contributed by atoms with Crippen LogP contribution in [0.1, 0.15) is 40.0 Å². The highest BCUT2D eigenvalue weighted by molar-refractivity contribution is 5.07. The van der Waals surface area contributed by atoms with Crippen LogP contribution in [0.2, 0.25) is 0 Å². The van der Waals surface area contributed by atoms with Crippen LogP contribution in [-0.2, 0) is 4.84 Å². The summed E-state index contributed by atoms with van der Waals surface area (Å²) < 4.78 is 0. The fourth-order valence-corrected chi connectivity index (χ4v) is 3.56. The average Bonchev–Trinajstić information content (AvgIpc) is 2.35. The van der Waals surface area contributed by atoms with Crippen molar-refractivity contribution in [3.63, 3.8) is 0 Å². The van der Waals surface area contributed by atoms with Crippen LogP contribution in [0.3, 0.4) is 0 Å². The van der Waals surface area contributed by atoms with E-state index in [4.69, 9.17) is 4.84 Å². The molecule has 80 valence electrons. The van der Waals surface area contributed by atoms with Crippen LogP contribution in [-0.4, -0.2) is 11.2 Å². The first-order valence-corrected chi connectivity index (χ1v) is 5.15. The normalized spacial score (nSPS) is 43.9. The Morgan fingerprint density at radius 2 is 2.07 bits per heavy atom. The summed E-state index contributed by atoms with van der Waals surface area (Å²) in [6.45, 7) is 6.63. The van der Waals surface area contributed by atoms with E-state index in [0.717, 1.165) is 19.3 Å². The van der Waals surface area contributed by atoms with E-state index in [9.17, 15) is 10.1 Å². The molecule has 4 nitrogen and oxygen atoms in total. The first-order chi connectivity index (χ1) is 6.33. The van der Waals surface area contributed by atoms with Gasteiger partial charge in [0.05, 0.1) is 0 Å². The van der Waals surface area contributed by atoms with Crippen LogP contribution in [0.25, 0.3) is 0 Å². The number of hydrogen-bond acceptors (Lipinski definition) is 3. The minimum absolute atomic E-state index is 0.0290. The third-order valence-corrected chi connectivity index (χ3v) is 4.17. The Morgan fingerprint density at radius 3 is 2.43 bits per heavy atom. The molecule has 2 saturated carbocycles. The zero-order valence-electron chi connectivity index (χ0n) is 8.95. The zero-order chi connectivity index (χ0) is 10.6. The summed E-state index contributed by atoms with van der Waals surface area (Å²) in [5, 5.41) is 9.68. The Hall–Kier alpha value is -0.800. The predicted octanol–water partition coefficient (Wildman–Crippen LogP) is 2.41. The van der Waals surface area contributed by atoms with Gasteiger partial charge >= 0.3 is 0 Å². The molecule has 0 aliphatic heterocycles. The minimum atomic E-state index is -0.635. The van der Waals surface area contributed by atoms with Gasteiger partial charge in [0.2, 0.25) is 0 Å².